The van der Waals surface area contributed by atoms with Gasteiger partial charge >= 0.3 is 0 Å². The molecule has 21 heavy (non-hydrogen) atoms. The summed E-state index contributed by atoms with van der Waals surface area (Å²) in [7, 11) is 0. The first-order chi connectivity index (χ1) is 10.2. The third-order valence-electron chi connectivity index (χ3n) is 2.98. The molecule has 0 unspecified atom stereocenters. The maximum absolute atomic E-state index is 11.6. The highest BCUT2D eigenvalue weighted by Gasteiger charge is 2.06. The van der Waals surface area contributed by atoms with Gasteiger partial charge in [0, 0.05) is 30.2 Å². The summed E-state index contributed by atoms with van der Waals surface area (Å²) in [5.74, 6) is 0.840. The zero-order chi connectivity index (χ0) is 14.7. The van der Waals surface area contributed by atoms with Gasteiger partial charge in [0.1, 0.15) is 16.9 Å². The summed E-state index contributed by atoms with van der Waals surface area (Å²) in [5.41, 5.74) is 7.76. The van der Waals surface area contributed by atoms with Gasteiger partial charge in [0.05, 0.1) is 6.33 Å². The van der Waals surface area contributed by atoms with Gasteiger partial charge in [0.25, 0.3) is 5.56 Å². The third-order valence-corrected chi connectivity index (χ3v) is 4.05. The van der Waals surface area contributed by atoms with E-state index in [0.717, 1.165) is 22.7 Å². The Balaban J connectivity index is 1.60. The lowest BCUT2D eigenvalue weighted by molar-refractivity contribution is 0.660. The highest BCUT2D eigenvalue weighted by atomic mass is 32.2. The van der Waals surface area contributed by atoms with E-state index in [1.165, 1.54) is 12.4 Å². The van der Waals surface area contributed by atoms with E-state index in [1.807, 2.05) is 0 Å². The second-order valence-electron chi connectivity index (χ2n) is 4.48. The fraction of sp³-hybridized carbons (Fsp3) is 0.231. The summed E-state index contributed by atoms with van der Waals surface area (Å²) in [6.45, 7) is 0.633. The molecular weight excluding hydrogens is 288 g/mol. The van der Waals surface area contributed by atoms with Crippen molar-refractivity contribution < 1.29 is 0 Å². The molecule has 3 heterocycles. The van der Waals surface area contributed by atoms with Gasteiger partial charge in [-0.2, -0.15) is 0 Å². The Morgan fingerprint density at radius 1 is 1.29 bits per heavy atom. The van der Waals surface area contributed by atoms with Crippen LogP contribution in [-0.4, -0.2) is 30.3 Å². The molecule has 108 valence electrons. The average Bonchev–Trinajstić information content (AvgIpc) is 2.96. The number of fused-ring (bicyclic) bond motifs is 1. The van der Waals surface area contributed by atoms with E-state index in [-0.39, 0.29) is 5.56 Å². The minimum Gasteiger partial charge on any atom is -0.398 e. The van der Waals surface area contributed by atoms with Gasteiger partial charge < -0.3 is 15.3 Å². The molecule has 7 nitrogen and oxygen atoms in total. The van der Waals surface area contributed by atoms with Gasteiger partial charge in [-0.1, -0.05) is 0 Å². The highest BCUT2D eigenvalue weighted by Crippen LogP contribution is 2.22. The number of hydrogen-bond acceptors (Lipinski definition) is 6. The zero-order valence-corrected chi connectivity index (χ0v) is 12.0. The molecule has 3 aromatic heterocycles. The molecule has 8 heteroatoms. The van der Waals surface area contributed by atoms with Crippen LogP contribution < -0.4 is 11.3 Å². The first-order valence-corrected chi connectivity index (χ1v) is 7.45. The predicted molar refractivity (Wildman–Crippen MR) is 82.1 cm³/mol. The van der Waals surface area contributed by atoms with Gasteiger partial charge in [-0.05, 0) is 12.5 Å². The van der Waals surface area contributed by atoms with Crippen molar-refractivity contribution in [3.63, 3.8) is 0 Å². The van der Waals surface area contributed by atoms with Crippen molar-refractivity contribution >= 4 is 28.6 Å². The number of rotatable bonds is 5. The number of H-pyrrole nitrogens is 1. The van der Waals surface area contributed by atoms with Crippen LogP contribution in [-0.2, 0) is 6.54 Å². The second-order valence-corrected chi connectivity index (χ2v) is 5.56. The normalized spacial score (nSPS) is 11.0. The number of hydrogen-bond donors (Lipinski definition) is 2. The maximum Gasteiger partial charge on any atom is 0.250 e. The van der Waals surface area contributed by atoms with Crippen LogP contribution in [0.3, 0.4) is 0 Å². The van der Waals surface area contributed by atoms with E-state index < -0.39 is 0 Å². The number of nitrogens with zero attached hydrogens (tertiary/aromatic N) is 4. The van der Waals surface area contributed by atoms with Crippen molar-refractivity contribution in [1.29, 1.82) is 0 Å². The van der Waals surface area contributed by atoms with Gasteiger partial charge in [-0.3, -0.25) is 4.79 Å². The Labute approximate surface area is 124 Å². The van der Waals surface area contributed by atoms with Crippen LogP contribution >= 0.6 is 11.8 Å². The molecule has 3 N–H and O–H groups in total. The van der Waals surface area contributed by atoms with Crippen LogP contribution in [0.1, 0.15) is 6.42 Å². The fourth-order valence-corrected chi connectivity index (χ4v) is 2.86. The molecule has 0 amide bonds. The van der Waals surface area contributed by atoms with Gasteiger partial charge in [0.15, 0.2) is 5.65 Å². The average molecular weight is 302 g/mol. The first-order valence-electron chi connectivity index (χ1n) is 6.47. The number of imidazole rings is 1. The van der Waals surface area contributed by atoms with Crippen molar-refractivity contribution in [3.05, 3.63) is 41.3 Å². The summed E-state index contributed by atoms with van der Waals surface area (Å²) >= 11 is 1.61. The van der Waals surface area contributed by atoms with Crippen LogP contribution in [0, 0.1) is 0 Å². The largest absolute Gasteiger partial charge is 0.398 e. The molecule has 3 rings (SSSR count). The van der Waals surface area contributed by atoms with Crippen LogP contribution in [0.5, 0.6) is 0 Å². The molecule has 3 aromatic rings. The molecule has 0 spiro atoms. The second kappa shape index (κ2) is 5.96. The molecule has 0 saturated heterocycles. The van der Waals surface area contributed by atoms with Crippen LogP contribution in [0.2, 0.25) is 0 Å². The monoisotopic (exact) mass is 302 g/mol. The Morgan fingerprint density at radius 2 is 2.19 bits per heavy atom. The summed E-state index contributed by atoms with van der Waals surface area (Å²) in [6, 6.07) is 3.10. The zero-order valence-electron chi connectivity index (χ0n) is 11.2. The van der Waals surface area contributed by atoms with Crippen molar-refractivity contribution in [2.24, 2.45) is 0 Å². The van der Waals surface area contributed by atoms with Crippen LogP contribution in [0.15, 0.2) is 40.8 Å². The number of nitrogens with one attached hydrogen (secondary N) is 1. The molecule has 0 atom stereocenters. The van der Waals surface area contributed by atoms with Crippen molar-refractivity contribution in [3.8, 4) is 0 Å². The Kier molecular flexibility index (Phi) is 3.87. The summed E-state index contributed by atoms with van der Waals surface area (Å²) in [4.78, 5) is 27.1. The fourth-order valence-electron chi connectivity index (χ4n) is 1.98. The first kappa shape index (κ1) is 13.6. The Bertz CT molecular complexity index is 812. The van der Waals surface area contributed by atoms with Gasteiger partial charge in [0.2, 0.25) is 0 Å². The van der Waals surface area contributed by atoms with Crippen LogP contribution in [0.25, 0.3) is 11.2 Å². The summed E-state index contributed by atoms with van der Waals surface area (Å²) in [6.07, 6.45) is 5.63. The number of nitrogens with two attached hydrogens (primary N) is 1. The number of anilines is 1. The highest BCUT2D eigenvalue weighted by molar-refractivity contribution is 7.99. The number of nitrogen functional groups attached to an aromatic ring is 1. The number of aryl methyl sites for hydroxylation is 1. The topological polar surface area (TPSA) is 102 Å². The van der Waals surface area contributed by atoms with Gasteiger partial charge in [-0.25, -0.2) is 15.0 Å². The molecule has 0 saturated carbocycles. The lowest BCUT2D eigenvalue weighted by Crippen LogP contribution is -2.19. The molecule has 0 bridgehead atoms. The summed E-state index contributed by atoms with van der Waals surface area (Å²) < 4.78 is 1.63. The number of thioether (sulfide) groups is 1. The molecule has 0 radical (unpaired) electrons. The van der Waals surface area contributed by atoms with Crippen LogP contribution in [0.4, 0.5) is 5.69 Å². The van der Waals surface area contributed by atoms with Crippen molar-refractivity contribution in [2.75, 3.05) is 11.5 Å². The minimum absolute atomic E-state index is 0.0350. The molecular formula is C13H14N6OS. The Hall–Kier alpha value is -2.35. The number of pyridine rings is 1. The molecule has 0 aliphatic carbocycles. The minimum atomic E-state index is -0.0350. The van der Waals surface area contributed by atoms with E-state index in [0.29, 0.717) is 17.9 Å². The maximum atomic E-state index is 11.6. The SMILES string of the molecule is Nc1ccc(=O)n(CCCSc2ncnc3nc[nH]c23)c1. The van der Waals surface area contributed by atoms with Gasteiger partial charge in [-0.15, -0.1) is 11.8 Å². The van der Waals surface area contributed by atoms with E-state index >= 15 is 0 Å². The summed E-state index contributed by atoms with van der Waals surface area (Å²) in [5, 5.41) is 0.873. The third kappa shape index (κ3) is 3.05. The lowest BCUT2D eigenvalue weighted by atomic mass is 10.4. The quantitative estimate of drug-likeness (QED) is 0.418. The number of aromatic nitrogens is 5. The van der Waals surface area contributed by atoms with Crippen molar-refractivity contribution in [1.82, 2.24) is 24.5 Å². The number of aromatic amines is 1. The smallest absolute Gasteiger partial charge is 0.250 e. The molecule has 0 aliphatic rings. The predicted octanol–water partition coefficient (Wildman–Crippen LogP) is 1.28. The van der Waals surface area contributed by atoms with E-state index in [1.54, 1.807) is 34.9 Å². The lowest BCUT2D eigenvalue weighted by Gasteiger charge is -2.06. The molecule has 0 aliphatic heterocycles. The van der Waals surface area contributed by atoms with E-state index in [4.69, 9.17) is 5.73 Å². The Morgan fingerprint density at radius 3 is 3.10 bits per heavy atom. The van der Waals surface area contributed by atoms with E-state index in [2.05, 4.69) is 19.9 Å². The standard InChI is InChI=1S/C13H14N6OS/c14-9-2-3-10(20)19(6-9)4-1-5-21-13-11-12(16-7-15-11)17-8-18-13/h2-3,6-8H,1,4-5,14H2,(H,15,16,17,18). The van der Waals surface area contributed by atoms with Crippen molar-refractivity contribution in [2.45, 2.75) is 18.0 Å². The molecule has 0 fully saturated rings. The van der Waals surface area contributed by atoms with E-state index in [9.17, 15) is 4.79 Å². The molecule has 0 aromatic carbocycles.